The van der Waals surface area contributed by atoms with Gasteiger partial charge in [0.25, 0.3) is 0 Å². The van der Waals surface area contributed by atoms with Crippen molar-refractivity contribution in [1.82, 2.24) is 5.32 Å². The van der Waals surface area contributed by atoms with Crippen LogP contribution >= 0.6 is 0 Å². The largest absolute Gasteiger partial charge is 0.480 e. The van der Waals surface area contributed by atoms with Gasteiger partial charge in [0, 0.05) is 0 Å². The molecule has 0 saturated carbocycles. The Balaban J connectivity index is 2.44. The Morgan fingerprint density at radius 3 is 2.67 bits per heavy atom. The Bertz CT molecular complexity index is 255. The fourth-order valence-corrected chi connectivity index (χ4v) is 1.47. The van der Waals surface area contributed by atoms with Crippen LogP contribution in [0.5, 0.6) is 0 Å². The Morgan fingerprint density at radius 1 is 1.60 bits per heavy atom. The second kappa shape index (κ2) is 5.09. The van der Waals surface area contributed by atoms with E-state index in [9.17, 15) is 9.59 Å². The summed E-state index contributed by atoms with van der Waals surface area (Å²) in [5.74, 6) is -1.92. The fraction of sp³-hybridized carbons (Fsp3) is 0.778. The van der Waals surface area contributed by atoms with Gasteiger partial charge in [-0.25, -0.2) is 4.79 Å². The summed E-state index contributed by atoms with van der Waals surface area (Å²) < 4.78 is 5.19. The van der Waals surface area contributed by atoms with E-state index < -0.39 is 18.6 Å². The van der Waals surface area contributed by atoms with Gasteiger partial charge in [0.2, 0.25) is 5.91 Å². The van der Waals surface area contributed by atoms with Crippen LogP contribution in [0.15, 0.2) is 0 Å². The molecule has 0 aromatic heterocycles. The average Bonchev–Trinajstić information content (AvgIpc) is 2.60. The predicted molar refractivity (Wildman–Crippen MR) is 50.2 cm³/mol. The number of hydrogen-bond acceptors (Lipinski definition) is 4. The second-order valence-electron chi connectivity index (χ2n) is 3.66. The van der Waals surface area contributed by atoms with Gasteiger partial charge in [-0.3, -0.25) is 4.79 Å². The molecule has 6 heteroatoms. The van der Waals surface area contributed by atoms with Crippen LogP contribution in [0, 0.1) is 5.92 Å². The van der Waals surface area contributed by atoms with Crippen LogP contribution in [0.25, 0.3) is 0 Å². The normalized spacial score (nSPS) is 27.3. The summed E-state index contributed by atoms with van der Waals surface area (Å²) in [5, 5.41) is 19.6. The third-order valence-corrected chi connectivity index (χ3v) is 2.37. The van der Waals surface area contributed by atoms with Crippen LogP contribution in [-0.4, -0.2) is 47.4 Å². The number of hydrogen-bond donors (Lipinski definition) is 3. The zero-order chi connectivity index (χ0) is 11.4. The molecule has 1 amide bonds. The summed E-state index contributed by atoms with van der Waals surface area (Å²) in [7, 11) is 0. The number of nitrogens with one attached hydrogen (secondary N) is 1. The summed E-state index contributed by atoms with van der Waals surface area (Å²) in [6.07, 6.45) is 0.613. The first kappa shape index (κ1) is 11.9. The maximum absolute atomic E-state index is 11.5. The first-order valence-electron chi connectivity index (χ1n) is 4.80. The van der Waals surface area contributed by atoms with E-state index in [-0.39, 0.29) is 17.9 Å². The second-order valence-corrected chi connectivity index (χ2v) is 3.66. The number of rotatable bonds is 4. The van der Waals surface area contributed by atoms with Gasteiger partial charge < -0.3 is 20.3 Å². The number of aliphatic carboxylic acids is 1. The lowest BCUT2D eigenvalue weighted by Crippen LogP contribution is -2.46. The first-order chi connectivity index (χ1) is 7.04. The number of ether oxygens (including phenoxy) is 1. The monoisotopic (exact) mass is 217 g/mol. The highest BCUT2D eigenvalue weighted by Crippen LogP contribution is 2.18. The van der Waals surface area contributed by atoms with E-state index in [2.05, 4.69) is 5.32 Å². The first-order valence-corrected chi connectivity index (χ1v) is 4.80. The molecule has 6 nitrogen and oxygen atoms in total. The number of aliphatic hydroxyl groups excluding tert-OH is 1. The Kier molecular flexibility index (Phi) is 4.05. The zero-order valence-corrected chi connectivity index (χ0v) is 8.47. The van der Waals surface area contributed by atoms with E-state index in [0.29, 0.717) is 13.0 Å². The zero-order valence-electron chi connectivity index (χ0n) is 8.47. The molecule has 1 saturated heterocycles. The van der Waals surface area contributed by atoms with Crippen molar-refractivity contribution in [2.75, 3.05) is 13.2 Å². The lowest BCUT2D eigenvalue weighted by molar-refractivity contribution is -0.143. The highest BCUT2D eigenvalue weighted by molar-refractivity contribution is 5.85. The molecule has 1 aliphatic heterocycles. The van der Waals surface area contributed by atoms with Crippen LogP contribution in [0.2, 0.25) is 0 Å². The molecule has 1 heterocycles. The third kappa shape index (κ3) is 3.17. The molecule has 0 radical (unpaired) electrons. The number of amides is 1. The molecule has 1 aliphatic rings. The van der Waals surface area contributed by atoms with E-state index >= 15 is 0 Å². The third-order valence-electron chi connectivity index (χ3n) is 2.37. The topological polar surface area (TPSA) is 95.9 Å². The minimum absolute atomic E-state index is 0.0261. The van der Waals surface area contributed by atoms with Crippen molar-refractivity contribution in [3.8, 4) is 0 Å². The number of carbonyl (C=O) groups is 2. The molecule has 3 N–H and O–H groups in total. The van der Waals surface area contributed by atoms with Crippen LogP contribution in [0.1, 0.15) is 13.3 Å². The molecule has 1 rings (SSSR count). The summed E-state index contributed by atoms with van der Waals surface area (Å²) in [4.78, 5) is 22.0. The van der Waals surface area contributed by atoms with Gasteiger partial charge in [0.05, 0.1) is 25.2 Å². The van der Waals surface area contributed by atoms with Crippen LogP contribution in [0.4, 0.5) is 0 Å². The SMILES string of the molecule is CC1CC(C(=O)NC(CO)C(=O)O)CO1. The molecule has 0 spiro atoms. The molecule has 0 bridgehead atoms. The van der Waals surface area contributed by atoms with Gasteiger partial charge in [-0.2, -0.15) is 0 Å². The molecule has 0 aromatic carbocycles. The van der Waals surface area contributed by atoms with Gasteiger partial charge in [-0.1, -0.05) is 0 Å². The van der Waals surface area contributed by atoms with E-state index in [1.54, 1.807) is 0 Å². The number of carbonyl (C=O) groups excluding carboxylic acids is 1. The molecule has 3 unspecified atom stereocenters. The maximum atomic E-state index is 11.5. The summed E-state index contributed by atoms with van der Waals surface area (Å²) >= 11 is 0. The van der Waals surface area contributed by atoms with Crippen LogP contribution in [-0.2, 0) is 14.3 Å². The minimum atomic E-state index is -1.24. The van der Waals surface area contributed by atoms with Crippen molar-refractivity contribution < 1.29 is 24.5 Å². The molecule has 3 atom stereocenters. The summed E-state index contributed by atoms with van der Waals surface area (Å²) in [5.41, 5.74) is 0. The molecule has 0 aromatic rings. The lowest BCUT2D eigenvalue weighted by atomic mass is 10.1. The minimum Gasteiger partial charge on any atom is -0.480 e. The summed E-state index contributed by atoms with van der Waals surface area (Å²) in [6, 6.07) is -1.23. The number of carboxylic acids is 1. The van der Waals surface area contributed by atoms with Gasteiger partial charge in [-0.05, 0) is 13.3 Å². The average molecular weight is 217 g/mol. The van der Waals surface area contributed by atoms with E-state index in [0.717, 1.165) is 0 Å². The van der Waals surface area contributed by atoms with Crippen LogP contribution < -0.4 is 5.32 Å². The molecular formula is C9H15NO5. The molecule has 1 fully saturated rings. The van der Waals surface area contributed by atoms with Crippen molar-refractivity contribution in [3.05, 3.63) is 0 Å². The fourth-order valence-electron chi connectivity index (χ4n) is 1.47. The Morgan fingerprint density at radius 2 is 2.27 bits per heavy atom. The van der Waals surface area contributed by atoms with E-state index in [4.69, 9.17) is 14.9 Å². The lowest BCUT2D eigenvalue weighted by Gasteiger charge is -2.14. The molecule has 0 aliphatic carbocycles. The van der Waals surface area contributed by atoms with Crippen molar-refractivity contribution in [3.63, 3.8) is 0 Å². The molecule has 15 heavy (non-hydrogen) atoms. The van der Waals surface area contributed by atoms with Gasteiger partial charge in [0.15, 0.2) is 0 Å². The number of aliphatic hydroxyl groups is 1. The number of carboxylic acid groups (broad SMARTS) is 1. The Hall–Kier alpha value is -1.14. The van der Waals surface area contributed by atoms with Gasteiger partial charge >= 0.3 is 5.97 Å². The quantitative estimate of drug-likeness (QED) is 0.559. The smallest absolute Gasteiger partial charge is 0.328 e. The highest BCUT2D eigenvalue weighted by atomic mass is 16.5. The van der Waals surface area contributed by atoms with Gasteiger partial charge in [-0.15, -0.1) is 0 Å². The Labute approximate surface area is 87.2 Å². The molecular weight excluding hydrogens is 202 g/mol. The summed E-state index contributed by atoms with van der Waals surface area (Å²) in [6.45, 7) is 1.56. The van der Waals surface area contributed by atoms with Crippen molar-refractivity contribution in [1.29, 1.82) is 0 Å². The van der Waals surface area contributed by atoms with Crippen LogP contribution in [0.3, 0.4) is 0 Å². The highest BCUT2D eigenvalue weighted by Gasteiger charge is 2.30. The van der Waals surface area contributed by atoms with Crippen molar-refractivity contribution in [2.24, 2.45) is 5.92 Å². The van der Waals surface area contributed by atoms with Crippen molar-refractivity contribution >= 4 is 11.9 Å². The van der Waals surface area contributed by atoms with Crippen molar-refractivity contribution in [2.45, 2.75) is 25.5 Å². The molecule has 86 valence electrons. The predicted octanol–water partition coefficient (Wildman–Crippen LogP) is -1.03. The van der Waals surface area contributed by atoms with E-state index in [1.165, 1.54) is 0 Å². The van der Waals surface area contributed by atoms with E-state index in [1.807, 2.05) is 6.92 Å². The standard InChI is InChI=1S/C9H15NO5/c1-5-2-6(4-15-5)8(12)10-7(3-11)9(13)14/h5-7,11H,2-4H2,1H3,(H,10,12)(H,13,14). The maximum Gasteiger partial charge on any atom is 0.328 e. The van der Waals surface area contributed by atoms with Gasteiger partial charge in [0.1, 0.15) is 6.04 Å².